The first-order chi connectivity index (χ1) is 12.0. The van der Waals surface area contributed by atoms with Gasteiger partial charge in [-0.3, -0.25) is 14.5 Å². The highest BCUT2D eigenvalue weighted by molar-refractivity contribution is 5.96. The SMILES string of the molecule is CN(C)C(=O)c1ccc(NC(=O)CN2CC[C@@H]3CCCC[C@H]3C2)cc1. The fraction of sp³-hybridized carbons (Fsp3) is 0.600. The van der Waals surface area contributed by atoms with Gasteiger partial charge in [-0.1, -0.05) is 19.3 Å². The minimum absolute atomic E-state index is 0.0287. The zero-order valence-corrected chi connectivity index (χ0v) is 15.3. The number of hydrogen-bond donors (Lipinski definition) is 1. The minimum atomic E-state index is -0.0340. The Bertz CT molecular complexity index is 612. The topological polar surface area (TPSA) is 52.7 Å². The van der Waals surface area contributed by atoms with Gasteiger partial charge in [0.2, 0.25) is 5.91 Å². The van der Waals surface area contributed by atoms with Gasteiger partial charge in [0.15, 0.2) is 0 Å². The first kappa shape index (κ1) is 17.9. The van der Waals surface area contributed by atoms with Gasteiger partial charge in [-0.2, -0.15) is 0 Å². The van der Waals surface area contributed by atoms with E-state index in [1.807, 2.05) is 0 Å². The molecule has 0 unspecified atom stereocenters. The summed E-state index contributed by atoms with van der Waals surface area (Å²) in [6.07, 6.45) is 6.67. The van der Waals surface area contributed by atoms with Crippen molar-refractivity contribution >= 4 is 17.5 Å². The van der Waals surface area contributed by atoms with E-state index in [1.54, 1.807) is 43.3 Å². The summed E-state index contributed by atoms with van der Waals surface area (Å²) in [6.45, 7) is 2.56. The summed E-state index contributed by atoms with van der Waals surface area (Å²) in [7, 11) is 3.46. The third kappa shape index (κ3) is 4.60. The van der Waals surface area contributed by atoms with E-state index < -0.39 is 0 Å². The second kappa shape index (κ2) is 8.00. The molecular weight excluding hydrogens is 314 g/mol. The second-order valence-electron chi connectivity index (χ2n) is 7.65. The lowest BCUT2D eigenvalue weighted by molar-refractivity contribution is -0.118. The van der Waals surface area contributed by atoms with E-state index in [4.69, 9.17) is 0 Å². The summed E-state index contributed by atoms with van der Waals surface area (Å²) in [5.74, 6) is 1.66. The molecule has 0 bridgehead atoms. The Morgan fingerprint density at radius 3 is 2.44 bits per heavy atom. The molecule has 0 spiro atoms. The average molecular weight is 343 g/mol. The number of benzene rings is 1. The van der Waals surface area contributed by atoms with Crippen molar-refractivity contribution in [3.05, 3.63) is 29.8 Å². The minimum Gasteiger partial charge on any atom is -0.345 e. The molecule has 1 saturated heterocycles. The van der Waals surface area contributed by atoms with Crippen LogP contribution in [0.3, 0.4) is 0 Å². The van der Waals surface area contributed by atoms with Gasteiger partial charge in [0.25, 0.3) is 5.91 Å². The van der Waals surface area contributed by atoms with Crippen LogP contribution in [-0.4, -0.2) is 55.3 Å². The summed E-state index contributed by atoms with van der Waals surface area (Å²) < 4.78 is 0. The maximum absolute atomic E-state index is 12.3. The highest BCUT2D eigenvalue weighted by Crippen LogP contribution is 2.35. The number of amides is 2. The molecule has 2 aliphatic rings. The molecule has 1 N–H and O–H groups in total. The lowest BCUT2D eigenvalue weighted by Gasteiger charge is -2.41. The molecule has 25 heavy (non-hydrogen) atoms. The van der Waals surface area contributed by atoms with Crippen LogP contribution in [-0.2, 0) is 4.79 Å². The van der Waals surface area contributed by atoms with E-state index >= 15 is 0 Å². The van der Waals surface area contributed by atoms with Gasteiger partial charge in [-0.25, -0.2) is 0 Å². The van der Waals surface area contributed by atoms with Crippen LogP contribution in [0.4, 0.5) is 5.69 Å². The van der Waals surface area contributed by atoms with Crippen LogP contribution in [0.1, 0.15) is 42.5 Å². The van der Waals surface area contributed by atoms with E-state index in [2.05, 4.69) is 10.2 Å². The Morgan fingerprint density at radius 2 is 1.76 bits per heavy atom. The zero-order valence-electron chi connectivity index (χ0n) is 15.3. The average Bonchev–Trinajstić information content (AvgIpc) is 2.61. The predicted molar refractivity (Wildman–Crippen MR) is 99.6 cm³/mol. The fourth-order valence-corrected chi connectivity index (χ4v) is 4.18. The van der Waals surface area contributed by atoms with Gasteiger partial charge in [-0.05, 0) is 55.5 Å². The fourth-order valence-electron chi connectivity index (χ4n) is 4.18. The molecule has 1 aromatic carbocycles. The Kier molecular flexibility index (Phi) is 5.74. The van der Waals surface area contributed by atoms with Crippen LogP contribution >= 0.6 is 0 Å². The molecule has 5 heteroatoms. The van der Waals surface area contributed by atoms with Crippen molar-refractivity contribution in [2.75, 3.05) is 39.0 Å². The molecule has 5 nitrogen and oxygen atoms in total. The van der Waals surface area contributed by atoms with E-state index in [0.717, 1.165) is 30.6 Å². The van der Waals surface area contributed by atoms with Crippen LogP contribution in [0.2, 0.25) is 0 Å². The first-order valence-electron chi connectivity index (χ1n) is 9.37. The number of nitrogens with one attached hydrogen (secondary N) is 1. The van der Waals surface area contributed by atoms with Gasteiger partial charge in [0.1, 0.15) is 0 Å². The van der Waals surface area contributed by atoms with Crippen LogP contribution in [0.5, 0.6) is 0 Å². The van der Waals surface area contributed by atoms with Crippen LogP contribution in [0, 0.1) is 11.8 Å². The van der Waals surface area contributed by atoms with Crippen molar-refractivity contribution in [1.29, 1.82) is 0 Å². The number of piperidine rings is 1. The predicted octanol–water partition coefficient (Wildman–Crippen LogP) is 2.84. The highest BCUT2D eigenvalue weighted by Gasteiger charge is 2.31. The summed E-state index contributed by atoms with van der Waals surface area (Å²) in [6, 6.07) is 7.10. The summed E-state index contributed by atoms with van der Waals surface area (Å²) in [5.41, 5.74) is 1.37. The van der Waals surface area contributed by atoms with Gasteiger partial charge in [0, 0.05) is 31.9 Å². The molecule has 2 amide bonds. The molecule has 1 saturated carbocycles. The van der Waals surface area contributed by atoms with Gasteiger partial charge in [-0.15, -0.1) is 0 Å². The third-order valence-electron chi connectivity index (χ3n) is 5.56. The molecule has 0 aromatic heterocycles. The molecule has 0 radical (unpaired) electrons. The number of nitrogens with zero attached hydrogens (tertiary/aromatic N) is 2. The van der Waals surface area contributed by atoms with Crippen molar-refractivity contribution in [2.45, 2.75) is 32.1 Å². The van der Waals surface area contributed by atoms with E-state index in [9.17, 15) is 9.59 Å². The molecule has 2 fully saturated rings. The highest BCUT2D eigenvalue weighted by atomic mass is 16.2. The lowest BCUT2D eigenvalue weighted by atomic mass is 9.75. The Balaban J connectivity index is 1.50. The number of rotatable bonds is 4. The van der Waals surface area contributed by atoms with Crippen molar-refractivity contribution in [2.24, 2.45) is 11.8 Å². The maximum atomic E-state index is 12.3. The molecule has 3 rings (SSSR count). The molecule has 1 aliphatic heterocycles. The molecule has 1 aliphatic carbocycles. The normalized spacial score (nSPS) is 23.6. The van der Waals surface area contributed by atoms with E-state index in [1.165, 1.54) is 32.1 Å². The number of anilines is 1. The van der Waals surface area contributed by atoms with Crippen molar-refractivity contribution in [3.63, 3.8) is 0 Å². The van der Waals surface area contributed by atoms with Crippen molar-refractivity contribution < 1.29 is 9.59 Å². The number of hydrogen-bond acceptors (Lipinski definition) is 3. The number of fused-ring (bicyclic) bond motifs is 1. The Morgan fingerprint density at radius 1 is 1.08 bits per heavy atom. The van der Waals surface area contributed by atoms with Gasteiger partial charge >= 0.3 is 0 Å². The zero-order chi connectivity index (χ0) is 17.8. The molecular formula is C20H29N3O2. The summed E-state index contributed by atoms with van der Waals surface area (Å²) in [4.78, 5) is 28.1. The number of carbonyl (C=O) groups is 2. The van der Waals surface area contributed by atoms with Crippen LogP contribution < -0.4 is 5.32 Å². The van der Waals surface area contributed by atoms with Crippen molar-refractivity contribution in [1.82, 2.24) is 9.80 Å². The molecule has 1 heterocycles. The van der Waals surface area contributed by atoms with Gasteiger partial charge < -0.3 is 10.2 Å². The smallest absolute Gasteiger partial charge is 0.253 e. The van der Waals surface area contributed by atoms with Crippen LogP contribution in [0.15, 0.2) is 24.3 Å². The monoisotopic (exact) mass is 343 g/mol. The second-order valence-corrected chi connectivity index (χ2v) is 7.65. The van der Waals surface area contributed by atoms with Gasteiger partial charge in [0.05, 0.1) is 6.54 Å². The van der Waals surface area contributed by atoms with E-state index in [0.29, 0.717) is 12.1 Å². The van der Waals surface area contributed by atoms with E-state index in [-0.39, 0.29) is 11.8 Å². The summed E-state index contributed by atoms with van der Waals surface area (Å²) in [5, 5.41) is 2.95. The number of likely N-dealkylation sites (tertiary alicyclic amines) is 1. The molecule has 1 aromatic rings. The lowest BCUT2D eigenvalue weighted by Crippen LogP contribution is -2.44. The Labute approximate surface area is 150 Å². The van der Waals surface area contributed by atoms with Crippen LogP contribution in [0.25, 0.3) is 0 Å². The first-order valence-corrected chi connectivity index (χ1v) is 9.37. The van der Waals surface area contributed by atoms with Crippen molar-refractivity contribution in [3.8, 4) is 0 Å². The largest absolute Gasteiger partial charge is 0.345 e. The Hall–Kier alpha value is -1.88. The maximum Gasteiger partial charge on any atom is 0.253 e. The molecule has 136 valence electrons. The number of carbonyl (C=O) groups excluding carboxylic acids is 2. The molecule has 2 atom stereocenters. The quantitative estimate of drug-likeness (QED) is 0.915. The summed E-state index contributed by atoms with van der Waals surface area (Å²) >= 11 is 0. The third-order valence-corrected chi connectivity index (χ3v) is 5.56. The standard InChI is InChI=1S/C20H29N3O2/c1-22(2)20(25)16-7-9-18(10-8-16)21-19(24)14-23-12-11-15-5-3-4-6-17(15)13-23/h7-10,15,17H,3-6,11-14H2,1-2H3,(H,21,24)/t15-,17-/m0/s1.